The Labute approximate surface area is 120 Å². The number of nitrogens with one attached hydrogen (secondary N) is 2. The Morgan fingerprint density at radius 2 is 1.89 bits per heavy atom. The number of anilines is 3. The summed E-state index contributed by atoms with van der Waals surface area (Å²) in [7, 11) is 1.75. The Kier molecular flexibility index (Phi) is 4.13. The topological polar surface area (TPSA) is 49.8 Å². The smallest absolute Gasteiger partial charge is 0.150 e. The molecule has 0 unspecified atom stereocenters. The van der Waals surface area contributed by atoms with Crippen LogP contribution in [0.2, 0.25) is 0 Å². The van der Waals surface area contributed by atoms with E-state index in [2.05, 4.69) is 52.5 Å². The van der Waals surface area contributed by atoms with E-state index in [4.69, 9.17) is 0 Å². The van der Waals surface area contributed by atoms with Gasteiger partial charge in [-0.05, 0) is 34.1 Å². The molecule has 1 aromatic carbocycles. The molecule has 2 N–H and O–H groups in total. The molecule has 0 aliphatic heterocycles. The first kappa shape index (κ1) is 13.2. The lowest BCUT2D eigenvalue weighted by Crippen LogP contribution is -2.01. The fourth-order valence-electron chi connectivity index (χ4n) is 1.35. The number of benzene rings is 1. The third-order valence-electron chi connectivity index (χ3n) is 2.21. The number of aromatic nitrogens is 2. The molecule has 1 heterocycles. The highest BCUT2D eigenvalue weighted by Gasteiger charge is 2.10. The summed E-state index contributed by atoms with van der Waals surface area (Å²) in [5.74, 6) is 0.768. The summed E-state index contributed by atoms with van der Waals surface area (Å²) in [5.41, 5.74) is 0.339. The van der Waals surface area contributed by atoms with Crippen molar-refractivity contribution in [3.8, 4) is 0 Å². The minimum absolute atomic E-state index is 0.339. The van der Waals surface area contributed by atoms with Gasteiger partial charge < -0.3 is 10.6 Å². The second kappa shape index (κ2) is 5.62. The molecule has 0 amide bonds. The lowest BCUT2D eigenvalue weighted by molar-refractivity contribution is 0.631. The van der Waals surface area contributed by atoms with Crippen LogP contribution < -0.4 is 10.6 Å². The Morgan fingerprint density at radius 3 is 2.61 bits per heavy atom. The Hall–Kier alpha value is -1.21. The SMILES string of the molecule is CNc1ncnc(Nc2cc(Br)ccc2F)c1Br. The van der Waals surface area contributed by atoms with E-state index in [0.717, 1.165) is 4.47 Å². The molecule has 94 valence electrons. The maximum atomic E-state index is 13.6. The molecule has 1 aromatic heterocycles. The molecule has 18 heavy (non-hydrogen) atoms. The quantitative estimate of drug-likeness (QED) is 0.853. The maximum absolute atomic E-state index is 13.6. The van der Waals surface area contributed by atoms with Crippen LogP contribution in [0, 0.1) is 5.82 Å². The van der Waals surface area contributed by atoms with E-state index in [1.165, 1.54) is 12.4 Å². The monoisotopic (exact) mass is 374 g/mol. The van der Waals surface area contributed by atoms with Crippen molar-refractivity contribution in [3.05, 3.63) is 39.3 Å². The highest BCUT2D eigenvalue weighted by Crippen LogP contribution is 2.30. The van der Waals surface area contributed by atoms with Gasteiger partial charge in [0.2, 0.25) is 0 Å². The second-order valence-electron chi connectivity index (χ2n) is 3.38. The molecule has 2 rings (SSSR count). The Balaban J connectivity index is 2.37. The van der Waals surface area contributed by atoms with E-state index >= 15 is 0 Å². The maximum Gasteiger partial charge on any atom is 0.150 e. The molecule has 0 saturated heterocycles. The molecule has 0 spiro atoms. The van der Waals surface area contributed by atoms with E-state index in [0.29, 0.717) is 21.8 Å². The highest BCUT2D eigenvalue weighted by molar-refractivity contribution is 9.11. The molecule has 0 aliphatic rings. The van der Waals surface area contributed by atoms with E-state index in [-0.39, 0.29) is 5.82 Å². The van der Waals surface area contributed by atoms with Gasteiger partial charge in [0.1, 0.15) is 28.3 Å². The predicted octanol–water partition coefficient (Wildman–Crippen LogP) is 3.93. The normalized spacial score (nSPS) is 10.2. The molecular formula is C11H9Br2FN4. The minimum atomic E-state index is -0.352. The molecule has 0 saturated carbocycles. The molecule has 7 heteroatoms. The third kappa shape index (κ3) is 2.78. The van der Waals surface area contributed by atoms with E-state index in [1.807, 2.05) is 0 Å². The Bertz CT molecular complexity index is 577. The van der Waals surface area contributed by atoms with Gasteiger partial charge in [-0.1, -0.05) is 15.9 Å². The van der Waals surface area contributed by atoms with Crippen molar-refractivity contribution in [1.82, 2.24) is 9.97 Å². The number of hydrogen-bond donors (Lipinski definition) is 2. The molecule has 0 aliphatic carbocycles. The molecule has 0 bridgehead atoms. The number of halogens is 3. The lowest BCUT2D eigenvalue weighted by Gasteiger charge is -2.10. The molecule has 2 aromatic rings. The van der Waals surface area contributed by atoms with Crippen LogP contribution in [0.15, 0.2) is 33.5 Å². The summed E-state index contributed by atoms with van der Waals surface area (Å²) in [4.78, 5) is 8.09. The summed E-state index contributed by atoms with van der Waals surface area (Å²) < 4.78 is 15.0. The zero-order valence-corrected chi connectivity index (χ0v) is 12.5. The number of hydrogen-bond acceptors (Lipinski definition) is 4. The molecule has 0 fully saturated rings. The zero-order valence-electron chi connectivity index (χ0n) is 9.34. The lowest BCUT2D eigenvalue weighted by atomic mass is 10.3. The number of nitrogens with zero attached hydrogens (tertiary/aromatic N) is 2. The van der Waals surface area contributed by atoms with E-state index in [9.17, 15) is 4.39 Å². The van der Waals surface area contributed by atoms with Gasteiger partial charge >= 0.3 is 0 Å². The summed E-state index contributed by atoms with van der Waals surface area (Å²) in [6.45, 7) is 0. The first-order valence-corrected chi connectivity index (χ1v) is 6.60. The molecule has 0 radical (unpaired) electrons. The van der Waals surface area contributed by atoms with Crippen LogP contribution >= 0.6 is 31.9 Å². The van der Waals surface area contributed by atoms with Crippen LogP contribution in [0.3, 0.4) is 0 Å². The van der Waals surface area contributed by atoms with Crippen molar-refractivity contribution in [3.63, 3.8) is 0 Å². The zero-order chi connectivity index (χ0) is 13.1. The average molecular weight is 376 g/mol. The standard InChI is InChI=1S/C11H9Br2FN4/c1-15-10-9(13)11(17-5-16-10)18-8-4-6(12)2-3-7(8)14/h2-5H,1H3,(H2,15,16,17,18). The predicted molar refractivity (Wildman–Crippen MR) is 76.7 cm³/mol. The summed E-state index contributed by atoms with van der Waals surface area (Å²) >= 11 is 6.65. The third-order valence-corrected chi connectivity index (χ3v) is 3.45. The van der Waals surface area contributed by atoms with Crippen molar-refractivity contribution in [2.24, 2.45) is 0 Å². The van der Waals surface area contributed by atoms with Crippen LogP contribution in [-0.2, 0) is 0 Å². The molecular weight excluding hydrogens is 367 g/mol. The Morgan fingerprint density at radius 1 is 1.17 bits per heavy atom. The first-order valence-electron chi connectivity index (χ1n) is 5.02. The highest BCUT2D eigenvalue weighted by atomic mass is 79.9. The van der Waals surface area contributed by atoms with Crippen LogP contribution in [-0.4, -0.2) is 17.0 Å². The van der Waals surface area contributed by atoms with Crippen LogP contribution in [0.1, 0.15) is 0 Å². The van der Waals surface area contributed by atoms with Gasteiger partial charge in [-0.2, -0.15) is 0 Å². The van der Waals surface area contributed by atoms with Gasteiger partial charge in [0.25, 0.3) is 0 Å². The summed E-state index contributed by atoms with van der Waals surface area (Å²) in [6, 6.07) is 4.65. The van der Waals surface area contributed by atoms with Crippen molar-refractivity contribution < 1.29 is 4.39 Å². The van der Waals surface area contributed by atoms with Gasteiger partial charge in [-0.25, -0.2) is 14.4 Å². The van der Waals surface area contributed by atoms with Gasteiger partial charge in [0.05, 0.1) is 5.69 Å². The fraction of sp³-hybridized carbons (Fsp3) is 0.0909. The average Bonchev–Trinajstić information content (AvgIpc) is 2.36. The number of rotatable bonds is 3. The van der Waals surface area contributed by atoms with Crippen molar-refractivity contribution >= 4 is 49.2 Å². The summed E-state index contributed by atoms with van der Waals surface area (Å²) in [6.07, 6.45) is 1.40. The fourth-order valence-corrected chi connectivity index (χ4v) is 2.22. The second-order valence-corrected chi connectivity index (χ2v) is 5.09. The van der Waals surface area contributed by atoms with Gasteiger partial charge in [0, 0.05) is 11.5 Å². The van der Waals surface area contributed by atoms with Crippen LogP contribution in [0.5, 0.6) is 0 Å². The van der Waals surface area contributed by atoms with Gasteiger partial charge in [0.15, 0.2) is 0 Å². The minimum Gasteiger partial charge on any atom is -0.372 e. The van der Waals surface area contributed by atoms with Crippen molar-refractivity contribution in [2.45, 2.75) is 0 Å². The van der Waals surface area contributed by atoms with Crippen molar-refractivity contribution in [2.75, 3.05) is 17.7 Å². The van der Waals surface area contributed by atoms with Crippen LogP contribution in [0.25, 0.3) is 0 Å². The van der Waals surface area contributed by atoms with E-state index in [1.54, 1.807) is 19.2 Å². The molecule has 0 atom stereocenters. The van der Waals surface area contributed by atoms with Crippen LogP contribution in [0.4, 0.5) is 21.7 Å². The van der Waals surface area contributed by atoms with Gasteiger partial charge in [-0.15, -0.1) is 0 Å². The van der Waals surface area contributed by atoms with E-state index < -0.39 is 0 Å². The largest absolute Gasteiger partial charge is 0.372 e. The first-order chi connectivity index (χ1) is 8.61. The van der Waals surface area contributed by atoms with Crippen molar-refractivity contribution in [1.29, 1.82) is 0 Å². The molecule has 4 nitrogen and oxygen atoms in total. The van der Waals surface area contributed by atoms with Gasteiger partial charge in [-0.3, -0.25) is 0 Å². The summed E-state index contributed by atoms with van der Waals surface area (Å²) in [5, 5.41) is 5.82.